The summed E-state index contributed by atoms with van der Waals surface area (Å²) in [6.07, 6.45) is 1.77. The Bertz CT molecular complexity index is 435. The Morgan fingerprint density at radius 3 is 2.69 bits per heavy atom. The van der Waals surface area contributed by atoms with Crippen LogP contribution in [0.2, 0.25) is 0 Å². The summed E-state index contributed by atoms with van der Waals surface area (Å²) in [5.41, 5.74) is 2.58. The molecule has 2 aromatic rings. The lowest BCUT2D eigenvalue weighted by Crippen LogP contribution is -1.78. The molecule has 2 heteroatoms. The molecule has 1 aromatic heterocycles. The van der Waals surface area contributed by atoms with Crippen LogP contribution >= 0.6 is 0 Å². The maximum atomic E-state index is 8.78. The summed E-state index contributed by atoms with van der Waals surface area (Å²) in [6, 6.07) is 14.5. The maximum absolute atomic E-state index is 8.78. The Hall–Kier alpha value is -2.01. The lowest BCUT2D eigenvalue weighted by atomic mass is 10.1. The molecule has 0 bridgehead atoms. The number of nitrogens with one attached hydrogen (secondary N) is 1. The number of nitriles is 1. The third kappa shape index (κ3) is 1.32. The van der Waals surface area contributed by atoms with Crippen LogP contribution in [0.5, 0.6) is 0 Å². The van der Waals surface area contributed by atoms with Crippen LogP contribution in [0.3, 0.4) is 0 Å². The van der Waals surface area contributed by atoms with Crippen molar-refractivity contribution in [2.75, 3.05) is 0 Å². The fourth-order valence-electron chi connectivity index (χ4n) is 1.27. The number of aromatic nitrogens is 1. The lowest BCUT2D eigenvalue weighted by molar-refractivity contribution is 1.33. The van der Waals surface area contributed by atoms with Crippen molar-refractivity contribution in [2.24, 2.45) is 0 Å². The highest BCUT2D eigenvalue weighted by Gasteiger charge is 2.03. The lowest BCUT2D eigenvalue weighted by Gasteiger charge is -1.96. The molecular formula is C11H7N2. The monoisotopic (exact) mass is 167 g/mol. The van der Waals surface area contributed by atoms with Gasteiger partial charge in [-0.2, -0.15) is 5.26 Å². The van der Waals surface area contributed by atoms with Gasteiger partial charge in [-0.25, -0.2) is 0 Å². The molecule has 0 fully saturated rings. The zero-order valence-electron chi connectivity index (χ0n) is 6.91. The molecule has 1 radical (unpaired) electrons. The predicted octanol–water partition coefficient (Wildman–Crippen LogP) is 2.35. The second kappa shape index (κ2) is 3.16. The van der Waals surface area contributed by atoms with E-state index in [-0.39, 0.29) is 0 Å². The first kappa shape index (κ1) is 7.63. The second-order valence-electron chi connectivity index (χ2n) is 2.67. The van der Waals surface area contributed by atoms with Crippen molar-refractivity contribution in [3.63, 3.8) is 0 Å². The van der Waals surface area contributed by atoms with Crippen LogP contribution in [-0.2, 0) is 0 Å². The number of hydrogen-bond donors (Lipinski definition) is 1. The predicted molar refractivity (Wildman–Crippen MR) is 49.8 cm³/mol. The van der Waals surface area contributed by atoms with Crippen molar-refractivity contribution in [1.82, 2.24) is 4.98 Å². The van der Waals surface area contributed by atoms with Crippen LogP contribution in [0.15, 0.2) is 36.5 Å². The van der Waals surface area contributed by atoms with Gasteiger partial charge < -0.3 is 4.98 Å². The van der Waals surface area contributed by atoms with Crippen molar-refractivity contribution >= 4 is 0 Å². The van der Waals surface area contributed by atoms with Gasteiger partial charge in [-0.3, -0.25) is 0 Å². The fraction of sp³-hybridized carbons (Fsp3) is 0. The third-order valence-electron chi connectivity index (χ3n) is 1.89. The summed E-state index contributed by atoms with van der Waals surface area (Å²) in [7, 11) is 0. The van der Waals surface area contributed by atoms with Gasteiger partial charge in [-0.1, -0.05) is 24.3 Å². The molecule has 0 atom stereocenters. The molecule has 13 heavy (non-hydrogen) atoms. The first-order valence-electron chi connectivity index (χ1n) is 3.96. The second-order valence-corrected chi connectivity index (χ2v) is 2.67. The number of hydrogen-bond acceptors (Lipinski definition) is 1. The highest BCUT2D eigenvalue weighted by molar-refractivity contribution is 5.68. The van der Waals surface area contributed by atoms with Crippen molar-refractivity contribution < 1.29 is 0 Å². The van der Waals surface area contributed by atoms with Crippen LogP contribution in [0, 0.1) is 17.4 Å². The Balaban J connectivity index is 2.54. The quantitative estimate of drug-likeness (QED) is 0.695. The van der Waals surface area contributed by atoms with Crippen molar-refractivity contribution in [2.45, 2.75) is 0 Å². The standard InChI is InChI=1S/C11H7N2/c12-8-11-10(6-7-13-11)9-4-2-1-3-5-9/h2-7,13H. The Kier molecular flexibility index (Phi) is 1.85. The van der Waals surface area contributed by atoms with Gasteiger partial charge in [0.2, 0.25) is 0 Å². The van der Waals surface area contributed by atoms with E-state index in [4.69, 9.17) is 5.26 Å². The molecule has 2 nitrogen and oxygen atoms in total. The summed E-state index contributed by atoms with van der Waals surface area (Å²) in [4.78, 5) is 2.88. The van der Waals surface area contributed by atoms with Gasteiger partial charge in [-0.05, 0) is 17.7 Å². The highest BCUT2D eigenvalue weighted by Crippen LogP contribution is 2.21. The molecule has 0 aliphatic carbocycles. The van der Waals surface area contributed by atoms with Crippen molar-refractivity contribution in [3.05, 3.63) is 48.3 Å². The molecule has 1 heterocycles. The minimum Gasteiger partial charge on any atom is -0.353 e. The molecule has 2 rings (SSSR count). The fourth-order valence-corrected chi connectivity index (χ4v) is 1.27. The van der Waals surface area contributed by atoms with Gasteiger partial charge >= 0.3 is 0 Å². The normalized spacial score (nSPS) is 9.46. The Morgan fingerprint density at radius 2 is 2.00 bits per heavy atom. The van der Waals surface area contributed by atoms with E-state index >= 15 is 0 Å². The number of benzene rings is 1. The van der Waals surface area contributed by atoms with E-state index in [1.807, 2.05) is 30.3 Å². The van der Waals surface area contributed by atoms with Crippen molar-refractivity contribution in [1.29, 1.82) is 5.26 Å². The third-order valence-corrected chi connectivity index (χ3v) is 1.89. The van der Waals surface area contributed by atoms with Crippen LogP contribution in [0.1, 0.15) is 5.69 Å². The molecule has 61 valence electrons. The van der Waals surface area contributed by atoms with Crippen molar-refractivity contribution in [3.8, 4) is 17.2 Å². The van der Waals surface area contributed by atoms with E-state index in [0.717, 1.165) is 11.1 Å². The topological polar surface area (TPSA) is 39.6 Å². The average molecular weight is 167 g/mol. The molecule has 0 unspecified atom stereocenters. The first-order chi connectivity index (χ1) is 6.42. The molecule has 1 N–H and O–H groups in total. The number of aromatic amines is 1. The molecule has 1 aromatic carbocycles. The SMILES string of the molecule is N#Cc1[nH]ccc1-c1cc[c]cc1. The van der Waals surface area contributed by atoms with Gasteiger partial charge in [0.05, 0.1) is 0 Å². The highest BCUT2D eigenvalue weighted by atomic mass is 14.7. The first-order valence-corrected chi connectivity index (χ1v) is 3.96. The van der Waals surface area contributed by atoms with Gasteiger partial charge in [0.25, 0.3) is 0 Å². The largest absolute Gasteiger partial charge is 0.353 e. The Labute approximate surface area is 76.5 Å². The van der Waals surface area contributed by atoms with Crippen LogP contribution in [0.25, 0.3) is 11.1 Å². The van der Waals surface area contributed by atoms with Gasteiger partial charge in [0.15, 0.2) is 0 Å². The summed E-state index contributed by atoms with van der Waals surface area (Å²) in [6.45, 7) is 0. The van der Waals surface area contributed by atoms with E-state index in [2.05, 4.69) is 17.1 Å². The van der Waals surface area contributed by atoms with E-state index in [0.29, 0.717) is 5.69 Å². The molecule has 0 aliphatic rings. The number of nitrogens with zero attached hydrogens (tertiary/aromatic N) is 1. The van der Waals surface area contributed by atoms with E-state index in [9.17, 15) is 0 Å². The van der Waals surface area contributed by atoms with E-state index < -0.39 is 0 Å². The summed E-state index contributed by atoms with van der Waals surface area (Å²) in [5.74, 6) is 0. The molecular weight excluding hydrogens is 160 g/mol. The summed E-state index contributed by atoms with van der Waals surface area (Å²) < 4.78 is 0. The molecule has 0 amide bonds. The van der Waals surface area contributed by atoms with Crippen LogP contribution in [-0.4, -0.2) is 4.98 Å². The zero-order valence-corrected chi connectivity index (χ0v) is 6.91. The van der Waals surface area contributed by atoms with E-state index in [1.54, 1.807) is 6.20 Å². The molecule has 0 aliphatic heterocycles. The maximum Gasteiger partial charge on any atom is 0.125 e. The number of H-pyrrole nitrogens is 1. The van der Waals surface area contributed by atoms with Gasteiger partial charge in [-0.15, -0.1) is 0 Å². The average Bonchev–Trinajstić information content (AvgIpc) is 2.67. The van der Waals surface area contributed by atoms with Crippen LogP contribution < -0.4 is 0 Å². The molecule has 0 spiro atoms. The summed E-state index contributed by atoms with van der Waals surface area (Å²) >= 11 is 0. The zero-order chi connectivity index (χ0) is 9.10. The summed E-state index contributed by atoms with van der Waals surface area (Å²) in [5, 5.41) is 8.78. The smallest absolute Gasteiger partial charge is 0.125 e. The van der Waals surface area contributed by atoms with Gasteiger partial charge in [0.1, 0.15) is 11.8 Å². The number of rotatable bonds is 1. The van der Waals surface area contributed by atoms with Gasteiger partial charge in [0, 0.05) is 11.8 Å². The van der Waals surface area contributed by atoms with E-state index in [1.165, 1.54) is 0 Å². The van der Waals surface area contributed by atoms with Crippen LogP contribution in [0.4, 0.5) is 0 Å². The minimum atomic E-state index is 0.603. The molecule has 0 saturated heterocycles. The minimum absolute atomic E-state index is 0.603. The Morgan fingerprint density at radius 1 is 1.23 bits per heavy atom. The molecule has 0 saturated carbocycles.